The van der Waals surface area contributed by atoms with Gasteiger partial charge in [0.05, 0.1) is 19.4 Å². The smallest absolute Gasteiger partial charge is 0.236 e. The van der Waals surface area contributed by atoms with Crippen molar-refractivity contribution >= 4 is 27.3 Å². The zero-order chi connectivity index (χ0) is 16.2. The maximum atomic E-state index is 12.2. The largest absolute Gasteiger partial charge is 0.467 e. The van der Waals surface area contributed by atoms with Gasteiger partial charge in [-0.25, -0.2) is 0 Å². The SMILES string of the molecule is CC(NCC(=O)N(C)Cc1ccco1)c1csc2ccccc12. The third-order valence-corrected chi connectivity index (χ3v) is 4.92. The van der Waals surface area contributed by atoms with E-state index in [1.54, 1.807) is 29.5 Å². The molecule has 0 saturated heterocycles. The third kappa shape index (κ3) is 3.63. The first-order valence-corrected chi connectivity index (χ1v) is 8.49. The zero-order valence-electron chi connectivity index (χ0n) is 13.3. The van der Waals surface area contributed by atoms with Crippen molar-refractivity contribution in [2.24, 2.45) is 0 Å². The highest BCUT2D eigenvalue weighted by Gasteiger charge is 2.15. The molecule has 2 aromatic heterocycles. The molecule has 0 fully saturated rings. The molecule has 23 heavy (non-hydrogen) atoms. The lowest BCUT2D eigenvalue weighted by Gasteiger charge is -2.18. The zero-order valence-corrected chi connectivity index (χ0v) is 14.1. The lowest BCUT2D eigenvalue weighted by atomic mass is 10.1. The minimum absolute atomic E-state index is 0.0489. The monoisotopic (exact) mass is 328 g/mol. The highest BCUT2D eigenvalue weighted by Crippen LogP contribution is 2.29. The standard InChI is InChI=1S/C18H20N2O2S/c1-13(16-12-23-17-8-4-3-7-15(16)17)19-10-18(21)20(2)11-14-6-5-9-22-14/h3-9,12-13,19H,10-11H2,1-2H3. The molecule has 0 aliphatic heterocycles. The number of hydrogen-bond acceptors (Lipinski definition) is 4. The fourth-order valence-electron chi connectivity index (χ4n) is 2.54. The fraction of sp³-hybridized carbons (Fsp3) is 0.278. The van der Waals surface area contributed by atoms with E-state index in [1.807, 2.05) is 24.3 Å². The summed E-state index contributed by atoms with van der Waals surface area (Å²) in [5.41, 5.74) is 1.24. The molecule has 5 heteroatoms. The number of thiophene rings is 1. The Hall–Kier alpha value is -2.11. The van der Waals surface area contributed by atoms with Crippen molar-refractivity contribution < 1.29 is 9.21 Å². The lowest BCUT2D eigenvalue weighted by Crippen LogP contribution is -2.36. The van der Waals surface area contributed by atoms with E-state index in [2.05, 4.69) is 29.8 Å². The van der Waals surface area contributed by atoms with Gasteiger partial charge < -0.3 is 14.6 Å². The molecule has 1 unspecified atom stereocenters. The summed E-state index contributed by atoms with van der Waals surface area (Å²) >= 11 is 1.74. The molecule has 0 radical (unpaired) electrons. The molecular formula is C18H20N2O2S. The van der Waals surface area contributed by atoms with Crippen LogP contribution in [0.3, 0.4) is 0 Å². The van der Waals surface area contributed by atoms with Gasteiger partial charge in [0.1, 0.15) is 5.76 Å². The predicted molar refractivity (Wildman–Crippen MR) is 93.4 cm³/mol. The van der Waals surface area contributed by atoms with Gasteiger partial charge in [-0.1, -0.05) is 18.2 Å². The first-order valence-electron chi connectivity index (χ1n) is 7.61. The number of carbonyl (C=O) groups excluding carboxylic acids is 1. The number of benzene rings is 1. The molecule has 1 amide bonds. The van der Waals surface area contributed by atoms with E-state index < -0.39 is 0 Å². The van der Waals surface area contributed by atoms with Crippen LogP contribution < -0.4 is 5.32 Å². The molecule has 1 aromatic carbocycles. The van der Waals surface area contributed by atoms with Crippen molar-refractivity contribution in [1.82, 2.24) is 10.2 Å². The first kappa shape index (κ1) is 15.8. The minimum atomic E-state index is 0.0489. The molecule has 3 aromatic rings. The molecule has 0 aliphatic carbocycles. The molecule has 0 saturated carbocycles. The summed E-state index contributed by atoms with van der Waals surface area (Å²) in [6, 6.07) is 12.2. The Morgan fingerprint density at radius 2 is 2.13 bits per heavy atom. The van der Waals surface area contributed by atoms with Crippen LogP contribution >= 0.6 is 11.3 Å². The van der Waals surface area contributed by atoms with E-state index in [0.29, 0.717) is 13.1 Å². The normalized spacial score (nSPS) is 12.4. The summed E-state index contributed by atoms with van der Waals surface area (Å²) in [5.74, 6) is 0.838. The summed E-state index contributed by atoms with van der Waals surface area (Å²) in [5, 5.41) is 6.75. The topological polar surface area (TPSA) is 45.5 Å². The number of nitrogens with zero attached hydrogens (tertiary/aromatic N) is 1. The van der Waals surface area contributed by atoms with E-state index in [4.69, 9.17) is 4.42 Å². The second kappa shape index (κ2) is 6.98. The van der Waals surface area contributed by atoms with Gasteiger partial charge in [0.15, 0.2) is 0 Å². The second-order valence-electron chi connectivity index (χ2n) is 5.62. The van der Waals surface area contributed by atoms with Crippen LogP contribution in [0.25, 0.3) is 10.1 Å². The number of carbonyl (C=O) groups is 1. The van der Waals surface area contributed by atoms with Gasteiger partial charge in [0.25, 0.3) is 0 Å². The van der Waals surface area contributed by atoms with Crippen LogP contribution in [-0.4, -0.2) is 24.4 Å². The van der Waals surface area contributed by atoms with E-state index in [-0.39, 0.29) is 11.9 Å². The van der Waals surface area contributed by atoms with Crippen molar-refractivity contribution in [3.8, 4) is 0 Å². The molecule has 120 valence electrons. The number of likely N-dealkylation sites (N-methyl/N-ethyl adjacent to an activating group) is 1. The summed E-state index contributed by atoms with van der Waals surface area (Å²) in [6.07, 6.45) is 1.62. The van der Waals surface area contributed by atoms with Gasteiger partial charge >= 0.3 is 0 Å². The Balaban J connectivity index is 1.58. The summed E-state index contributed by atoms with van der Waals surface area (Å²) < 4.78 is 6.55. The van der Waals surface area contributed by atoms with Crippen LogP contribution in [0.4, 0.5) is 0 Å². The predicted octanol–water partition coefficient (Wildman–Crippen LogP) is 3.80. The van der Waals surface area contributed by atoms with Crippen LogP contribution in [0.1, 0.15) is 24.3 Å². The van der Waals surface area contributed by atoms with Crippen LogP contribution in [-0.2, 0) is 11.3 Å². The van der Waals surface area contributed by atoms with Gasteiger partial charge in [-0.15, -0.1) is 11.3 Å². The van der Waals surface area contributed by atoms with Crippen molar-refractivity contribution in [1.29, 1.82) is 0 Å². The maximum Gasteiger partial charge on any atom is 0.236 e. The molecule has 0 spiro atoms. The van der Waals surface area contributed by atoms with E-state index in [9.17, 15) is 4.79 Å². The first-order chi connectivity index (χ1) is 11.1. The molecule has 1 atom stereocenters. The van der Waals surface area contributed by atoms with Crippen LogP contribution in [0.2, 0.25) is 0 Å². The molecule has 4 nitrogen and oxygen atoms in total. The number of rotatable bonds is 6. The van der Waals surface area contributed by atoms with Crippen molar-refractivity contribution in [2.75, 3.05) is 13.6 Å². The Morgan fingerprint density at radius 3 is 2.91 bits per heavy atom. The number of furan rings is 1. The third-order valence-electron chi connectivity index (χ3n) is 3.94. The molecule has 0 bridgehead atoms. The van der Waals surface area contributed by atoms with Gasteiger partial charge in [-0.05, 0) is 41.5 Å². The van der Waals surface area contributed by atoms with Crippen LogP contribution in [0, 0.1) is 0 Å². The summed E-state index contributed by atoms with van der Waals surface area (Å²) in [7, 11) is 1.79. The molecule has 2 heterocycles. The molecule has 3 rings (SSSR count). The highest BCUT2D eigenvalue weighted by molar-refractivity contribution is 7.17. The average molecular weight is 328 g/mol. The average Bonchev–Trinajstić information content (AvgIpc) is 3.21. The van der Waals surface area contributed by atoms with Crippen LogP contribution in [0.5, 0.6) is 0 Å². The highest BCUT2D eigenvalue weighted by atomic mass is 32.1. The Labute approximate surface area is 139 Å². The van der Waals surface area contributed by atoms with Gasteiger partial charge in [-0.2, -0.15) is 0 Å². The number of fused-ring (bicyclic) bond motifs is 1. The molecule has 1 N–H and O–H groups in total. The molecular weight excluding hydrogens is 308 g/mol. The number of amides is 1. The molecule has 0 aliphatic rings. The minimum Gasteiger partial charge on any atom is -0.467 e. The lowest BCUT2D eigenvalue weighted by molar-refractivity contribution is -0.129. The van der Waals surface area contributed by atoms with Crippen molar-refractivity contribution in [2.45, 2.75) is 19.5 Å². The van der Waals surface area contributed by atoms with E-state index in [0.717, 1.165) is 5.76 Å². The summed E-state index contributed by atoms with van der Waals surface area (Å²) in [4.78, 5) is 13.9. The number of nitrogens with one attached hydrogen (secondary N) is 1. The second-order valence-corrected chi connectivity index (χ2v) is 6.53. The van der Waals surface area contributed by atoms with Gasteiger partial charge in [0.2, 0.25) is 5.91 Å². The Morgan fingerprint density at radius 1 is 1.30 bits per heavy atom. The summed E-state index contributed by atoms with van der Waals surface area (Å²) in [6.45, 7) is 2.89. The van der Waals surface area contributed by atoms with E-state index >= 15 is 0 Å². The van der Waals surface area contributed by atoms with Crippen molar-refractivity contribution in [3.05, 3.63) is 59.4 Å². The maximum absolute atomic E-state index is 12.2. The fourth-order valence-corrected chi connectivity index (χ4v) is 3.60. The number of hydrogen-bond donors (Lipinski definition) is 1. The van der Waals surface area contributed by atoms with Crippen molar-refractivity contribution in [3.63, 3.8) is 0 Å². The van der Waals surface area contributed by atoms with Gasteiger partial charge in [0, 0.05) is 17.8 Å². The van der Waals surface area contributed by atoms with E-state index in [1.165, 1.54) is 15.6 Å². The Bertz CT molecular complexity index is 779. The van der Waals surface area contributed by atoms with Crippen LogP contribution in [0.15, 0.2) is 52.5 Å². The van der Waals surface area contributed by atoms with Gasteiger partial charge in [-0.3, -0.25) is 4.79 Å². The quantitative estimate of drug-likeness (QED) is 0.748. The Kier molecular flexibility index (Phi) is 4.79.